The number of hydrogen-bond acceptors (Lipinski definition) is 5. The van der Waals surface area contributed by atoms with Crippen LogP contribution < -0.4 is 19.7 Å². The van der Waals surface area contributed by atoms with E-state index in [4.69, 9.17) is 21.1 Å². The van der Waals surface area contributed by atoms with Gasteiger partial charge in [0, 0.05) is 0 Å². The summed E-state index contributed by atoms with van der Waals surface area (Å²) < 4.78 is 37.9. The van der Waals surface area contributed by atoms with Gasteiger partial charge in [0.25, 0.3) is 11.8 Å². The molecule has 184 valence electrons. The Labute approximate surface area is 209 Å². The second kappa shape index (κ2) is 10.6. The van der Waals surface area contributed by atoms with E-state index in [0.717, 1.165) is 17.0 Å². The Bertz CT molecular complexity index is 1360. The fourth-order valence-electron chi connectivity index (χ4n) is 3.46. The smallest absolute Gasteiger partial charge is 0.335 e. The first-order valence-electron chi connectivity index (χ1n) is 10.8. The molecule has 1 aliphatic rings. The van der Waals surface area contributed by atoms with E-state index in [0.29, 0.717) is 11.1 Å². The Kier molecular flexibility index (Phi) is 7.30. The number of anilines is 1. The molecule has 0 aromatic heterocycles. The lowest BCUT2D eigenvalue weighted by molar-refractivity contribution is -0.122. The van der Waals surface area contributed by atoms with Crippen LogP contribution in [0.3, 0.4) is 0 Å². The fraction of sp³-hybridized carbons (Fsp3) is 0.115. The number of barbiturate groups is 1. The summed E-state index contributed by atoms with van der Waals surface area (Å²) in [5, 5.41) is 2.24. The number of urea groups is 1. The maximum atomic E-state index is 13.3. The lowest BCUT2D eigenvalue weighted by atomic mass is 10.1. The summed E-state index contributed by atoms with van der Waals surface area (Å²) in [7, 11) is 0. The van der Waals surface area contributed by atoms with Crippen molar-refractivity contribution < 1.29 is 32.6 Å². The Morgan fingerprint density at radius 1 is 0.944 bits per heavy atom. The molecule has 0 atom stereocenters. The first-order chi connectivity index (χ1) is 17.3. The predicted molar refractivity (Wildman–Crippen MR) is 129 cm³/mol. The van der Waals surface area contributed by atoms with E-state index in [1.807, 2.05) is 0 Å². The summed E-state index contributed by atoms with van der Waals surface area (Å²) in [6.45, 7) is 2.12. The van der Waals surface area contributed by atoms with E-state index >= 15 is 0 Å². The number of hydrogen-bond donors (Lipinski definition) is 1. The van der Waals surface area contributed by atoms with Crippen LogP contribution in [0.25, 0.3) is 6.08 Å². The maximum Gasteiger partial charge on any atom is 0.335 e. The van der Waals surface area contributed by atoms with Gasteiger partial charge in [0.05, 0.1) is 17.3 Å². The summed E-state index contributed by atoms with van der Waals surface area (Å²) in [5.74, 6) is -2.21. The van der Waals surface area contributed by atoms with Crippen molar-refractivity contribution in [3.8, 4) is 11.5 Å². The van der Waals surface area contributed by atoms with Crippen LogP contribution in [0.15, 0.2) is 66.2 Å². The Hall–Kier alpha value is -4.24. The summed E-state index contributed by atoms with van der Waals surface area (Å²) in [6, 6.07) is 12.5. The molecular formula is C26H19ClF2N2O5. The molecule has 1 fully saturated rings. The molecule has 4 rings (SSSR count). The van der Waals surface area contributed by atoms with Gasteiger partial charge >= 0.3 is 6.03 Å². The molecule has 4 amide bonds. The minimum absolute atomic E-state index is 0.0925. The molecule has 7 nitrogen and oxygen atoms in total. The minimum Gasteiger partial charge on any atom is -0.490 e. The van der Waals surface area contributed by atoms with E-state index in [-0.39, 0.29) is 46.8 Å². The number of benzene rings is 3. The van der Waals surface area contributed by atoms with Crippen LogP contribution in [-0.4, -0.2) is 24.5 Å². The highest BCUT2D eigenvalue weighted by Gasteiger charge is 2.36. The molecule has 0 unspecified atom stereocenters. The standard InChI is InChI=1S/C26H19ClF2N2O5/c1-2-35-22-13-16(12-21(27)23(22)36-14-15-3-5-17(28)6-4-15)11-20-24(32)30-26(34)31(25(20)33)19-9-7-18(29)8-10-19/h3-13H,2,14H2,1H3,(H,30,32,34)/b20-11+. The van der Waals surface area contributed by atoms with Crippen LogP contribution in [0, 0.1) is 11.6 Å². The second-order valence-corrected chi connectivity index (χ2v) is 8.02. The van der Waals surface area contributed by atoms with Gasteiger partial charge in [0.15, 0.2) is 11.5 Å². The quantitative estimate of drug-likeness (QED) is 0.345. The molecule has 1 aliphatic heterocycles. The van der Waals surface area contributed by atoms with Crippen molar-refractivity contribution in [3.63, 3.8) is 0 Å². The van der Waals surface area contributed by atoms with Crippen LogP contribution in [0.1, 0.15) is 18.1 Å². The topological polar surface area (TPSA) is 84.9 Å². The largest absolute Gasteiger partial charge is 0.490 e. The van der Waals surface area contributed by atoms with E-state index in [1.165, 1.54) is 42.5 Å². The number of nitrogens with one attached hydrogen (secondary N) is 1. The van der Waals surface area contributed by atoms with Gasteiger partial charge in [0.1, 0.15) is 23.8 Å². The Balaban J connectivity index is 1.65. The van der Waals surface area contributed by atoms with E-state index in [9.17, 15) is 23.2 Å². The van der Waals surface area contributed by atoms with Crippen molar-refractivity contribution in [2.75, 3.05) is 11.5 Å². The van der Waals surface area contributed by atoms with Crippen LogP contribution in [0.4, 0.5) is 19.3 Å². The summed E-state index contributed by atoms with van der Waals surface area (Å²) in [6.07, 6.45) is 1.26. The first kappa shape index (κ1) is 24.9. The number of nitrogens with zero attached hydrogens (tertiary/aromatic N) is 1. The van der Waals surface area contributed by atoms with E-state index in [1.54, 1.807) is 19.1 Å². The van der Waals surface area contributed by atoms with Gasteiger partial charge in [-0.15, -0.1) is 0 Å². The zero-order chi connectivity index (χ0) is 25.8. The van der Waals surface area contributed by atoms with Crippen molar-refractivity contribution >= 4 is 41.2 Å². The van der Waals surface area contributed by atoms with Crippen LogP contribution in [0.5, 0.6) is 11.5 Å². The van der Waals surface area contributed by atoms with Crippen molar-refractivity contribution in [1.82, 2.24) is 5.32 Å². The van der Waals surface area contributed by atoms with Crippen LogP contribution >= 0.6 is 11.6 Å². The molecule has 1 heterocycles. The Morgan fingerprint density at radius 2 is 1.58 bits per heavy atom. The van der Waals surface area contributed by atoms with E-state index < -0.39 is 23.7 Å². The highest BCUT2D eigenvalue weighted by Crippen LogP contribution is 2.38. The van der Waals surface area contributed by atoms with Gasteiger partial charge in [-0.1, -0.05) is 23.7 Å². The summed E-state index contributed by atoms with van der Waals surface area (Å²) >= 11 is 6.43. The Morgan fingerprint density at radius 3 is 2.22 bits per heavy atom. The zero-order valence-corrected chi connectivity index (χ0v) is 19.6. The summed E-state index contributed by atoms with van der Waals surface area (Å²) in [4.78, 5) is 38.6. The monoisotopic (exact) mass is 512 g/mol. The number of carbonyl (C=O) groups excluding carboxylic acids is 3. The van der Waals surface area contributed by atoms with Crippen LogP contribution in [-0.2, 0) is 16.2 Å². The van der Waals surface area contributed by atoms with Crippen molar-refractivity contribution in [2.45, 2.75) is 13.5 Å². The normalized spacial score (nSPS) is 14.7. The number of amides is 4. The van der Waals surface area contributed by atoms with Gasteiger partial charge in [-0.25, -0.2) is 18.5 Å². The molecule has 0 aliphatic carbocycles. The van der Waals surface area contributed by atoms with Crippen molar-refractivity contribution in [3.05, 3.63) is 94.0 Å². The molecule has 0 saturated carbocycles. The van der Waals surface area contributed by atoms with Gasteiger partial charge in [0.2, 0.25) is 0 Å². The third kappa shape index (κ3) is 5.36. The van der Waals surface area contributed by atoms with Crippen molar-refractivity contribution in [1.29, 1.82) is 0 Å². The molecular weight excluding hydrogens is 494 g/mol. The molecule has 3 aromatic carbocycles. The van der Waals surface area contributed by atoms with E-state index in [2.05, 4.69) is 5.32 Å². The SMILES string of the molecule is CCOc1cc(/C=C2\C(=O)NC(=O)N(c3ccc(F)cc3)C2=O)cc(Cl)c1OCc1ccc(F)cc1. The number of imide groups is 2. The summed E-state index contributed by atoms with van der Waals surface area (Å²) in [5.41, 5.74) is 0.799. The molecule has 0 bridgehead atoms. The number of ether oxygens (including phenoxy) is 2. The number of halogens is 3. The third-order valence-electron chi connectivity index (χ3n) is 5.13. The second-order valence-electron chi connectivity index (χ2n) is 7.61. The molecule has 3 aromatic rings. The zero-order valence-electron chi connectivity index (χ0n) is 18.9. The molecule has 10 heteroatoms. The molecule has 1 N–H and O–H groups in total. The predicted octanol–water partition coefficient (Wildman–Crippen LogP) is 5.26. The molecule has 0 radical (unpaired) electrons. The van der Waals surface area contributed by atoms with Crippen molar-refractivity contribution in [2.24, 2.45) is 0 Å². The average molecular weight is 513 g/mol. The molecule has 0 spiro atoms. The third-order valence-corrected chi connectivity index (χ3v) is 5.41. The molecule has 36 heavy (non-hydrogen) atoms. The lowest BCUT2D eigenvalue weighted by Gasteiger charge is -2.26. The maximum absolute atomic E-state index is 13.3. The number of rotatable bonds is 7. The fourth-order valence-corrected chi connectivity index (χ4v) is 3.73. The lowest BCUT2D eigenvalue weighted by Crippen LogP contribution is -2.54. The van der Waals surface area contributed by atoms with Gasteiger partial charge < -0.3 is 9.47 Å². The first-order valence-corrected chi connectivity index (χ1v) is 11.1. The van der Waals surface area contributed by atoms with Gasteiger partial charge in [-0.3, -0.25) is 14.9 Å². The minimum atomic E-state index is -0.952. The number of carbonyl (C=O) groups is 3. The average Bonchev–Trinajstić information content (AvgIpc) is 2.83. The van der Waals surface area contributed by atoms with Gasteiger partial charge in [-0.2, -0.15) is 0 Å². The molecule has 1 saturated heterocycles. The highest BCUT2D eigenvalue weighted by atomic mass is 35.5. The highest BCUT2D eigenvalue weighted by molar-refractivity contribution is 6.39. The van der Waals surface area contributed by atoms with Crippen LogP contribution in [0.2, 0.25) is 5.02 Å². The van der Waals surface area contributed by atoms with Gasteiger partial charge in [-0.05, 0) is 72.7 Å².